The Hall–Kier alpha value is -1.63. The summed E-state index contributed by atoms with van der Waals surface area (Å²) in [6, 6.07) is -1.07. The van der Waals surface area contributed by atoms with Gasteiger partial charge in [-0.1, -0.05) is 13.8 Å². The smallest absolute Gasteiger partial charge is 0.303 e. The number of carbonyl (C=O) groups excluding carboxylic acids is 2. The molecule has 18 heavy (non-hydrogen) atoms. The molecule has 0 radical (unpaired) electrons. The number of rotatable bonds is 8. The second kappa shape index (κ2) is 7.65. The van der Waals surface area contributed by atoms with Gasteiger partial charge in [0, 0.05) is 6.42 Å². The predicted octanol–water partition coefficient (Wildman–Crippen LogP) is -0.772. The average Bonchev–Trinajstić information content (AvgIpc) is 2.21. The van der Waals surface area contributed by atoms with Crippen LogP contribution in [0.3, 0.4) is 0 Å². The zero-order valence-electron chi connectivity index (χ0n) is 10.5. The van der Waals surface area contributed by atoms with Crippen LogP contribution in [0.1, 0.15) is 33.1 Å². The van der Waals surface area contributed by atoms with Crippen LogP contribution in [0.2, 0.25) is 0 Å². The van der Waals surface area contributed by atoms with Crippen molar-refractivity contribution in [3.8, 4) is 0 Å². The van der Waals surface area contributed by atoms with Gasteiger partial charge in [0.1, 0.15) is 12.1 Å². The van der Waals surface area contributed by atoms with E-state index in [-0.39, 0.29) is 25.2 Å². The van der Waals surface area contributed by atoms with E-state index in [1.54, 1.807) is 0 Å². The molecule has 104 valence electrons. The minimum atomic E-state index is -1.23. The highest BCUT2D eigenvalue weighted by Crippen LogP contribution is 2.05. The zero-order chi connectivity index (χ0) is 14.3. The van der Waals surface area contributed by atoms with Gasteiger partial charge >= 0.3 is 5.97 Å². The summed E-state index contributed by atoms with van der Waals surface area (Å²) in [5.41, 5.74) is 5.04. The standard InChI is InChI=1S/C11H20N2O5/c1-6(2)5-8(14)11(18)13-7(10(12)17)3-4-9(15)16/h6-8,14H,3-5H2,1-2H3,(H2,12,17)(H,13,18)(H,15,16)/t7-,8+/m1/s1. The lowest BCUT2D eigenvalue weighted by atomic mass is 10.0. The van der Waals surface area contributed by atoms with Crippen LogP contribution in [0.5, 0.6) is 0 Å². The van der Waals surface area contributed by atoms with Gasteiger partial charge in [0.15, 0.2) is 0 Å². The molecule has 0 saturated carbocycles. The first kappa shape index (κ1) is 16.4. The average molecular weight is 260 g/mol. The van der Waals surface area contributed by atoms with Crippen molar-refractivity contribution in [2.45, 2.75) is 45.3 Å². The number of amides is 2. The number of nitrogens with one attached hydrogen (secondary N) is 1. The highest BCUT2D eigenvalue weighted by molar-refractivity contribution is 5.88. The summed E-state index contributed by atoms with van der Waals surface area (Å²) in [5.74, 6) is -2.49. The van der Waals surface area contributed by atoms with E-state index in [2.05, 4.69) is 5.32 Å². The maximum absolute atomic E-state index is 11.5. The zero-order valence-corrected chi connectivity index (χ0v) is 10.5. The van der Waals surface area contributed by atoms with Crippen LogP contribution in [0.15, 0.2) is 0 Å². The van der Waals surface area contributed by atoms with Gasteiger partial charge < -0.3 is 21.3 Å². The fourth-order valence-electron chi connectivity index (χ4n) is 1.37. The van der Waals surface area contributed by atoms with E-state index in [4.69, 9.17) is 10.8 Å². The highest BCUT2D eigenvalue weighted by atomic mass is 16.4. The SMILES string of the molecule is CC(C)C[C@H](O)C(=O)N[C@H](CCC(=O)O)C(N)=O. The molecule has 7 heteroatoms. The summed E-state index contributed by atoms with van der Waals surface area (Å²) in [6.45, 7) is 3.68. The molecule has 2 atom stereocenters. The third kappa shape index (κ3) is 6.85. The molecule has 0 aliphatic rings. The maximum Gasteiger partial charge on any atom is 0.303 e. The third-order valence-corrected chi connectivity index (χ3v) is 2.30. The van der Waals surface area contributed by atoms with Gasteiger partial charge in [-0.3, -0.25) is 14.4 Å². The van der Waals surface area contributed by atoms with Gasteiger partial charge in [-0.2, -0.15) is 0 Å². The third-order valence-electron chi connectivity index (χ3n) is 2.30. The van der Waals surface area contributed by atoms with Crippen LogP contribution in [0.4, 0.5) is 0 Å². The Balaban J connectivity index is 4.35. The van der Waals surface area contributed by atoms with Gasteiger partial charge in [-0.25, -0.2) is 0 Å². The second-order valence-electron chi connectivity index (χ2n) is 4.54. The lowest BCUT2D eigenvalue weighted by Crippen LogP contribution is -2.48. The molecule has 0 rings (SSSR count). The Morgan fingerprint density at radius 3 is 2.22 bits per heavy atom. The largest absolute Gasteiger partial charge is 0.481 e. The quantitative estimate of drug-likeness (QED) is 0.455. The van der Waals surface area contributed by atoms with Crippen LogP contribution < -0.4 is 11.1 Å². The van der Waals surface area contributed by atoms with Crippen molar-refractivity contribution >= 4 is 17.8 Å². The molecular formula is C11H20N2O5. The summed E-state index contributed by atoms with van der Waals surface area (Å²) in [4.78, 5) is 32.9. The van der Waals surface area contributed by atoms with E-state index in [0.717, 1.165) is 0 Å². The molecule has 0 aliphatic carbocycles. The van der Waals surface area contributed by atoms with Crippen LogP contribution in [-0.2, 0) is 14.4 Å². The van der Waals surface area contributed by atoms with Gasteiger partial charge in [-0.05, 0) is 18.8 Å². The number of nitrogens with two attached hydrogens (primary N) is 1. The van der Waals surface area contributed by atoms with E-state index in [0.29, 0.717) is 0 Å². The number of aliphatic carboxylic acids is 1. The first-order valence-corrected chi connectivity index (χ1v) is 5.73. The number of carboxylic acid groups (broad SMARTS) is 1. The first-order valence-electron chi connectivity index (χ1n) is 5.73. The fraction of sp³-hybridized carbons (Fsp3) is 0.727. The van der Waals surface area contributed by atoms with Crippen LogP contribution in [0, 0.1) is 5.92 Å². The number of primary amides is 1. The molecule has 0 saturated heterocycles. The molecule has 0 aromatic carbocycles. The molecule has 5 N–H and O–H groups in total. The lowest BCUT2D eigenvalue weighted by Gasteiger charge is -2.18. The summed E-state index contributed by atoms with van der Waals surface area (Å²) in [6.07, 6.45) is -1.34. The number of carbonyl (C=O) groups is 3. The fourth-order valence-corrected chi connectivity index (χ4v) is 1.37. The summed E-state index contributed by atoms with van der Waals surface area (Å²) < 4.78 is 0. The molecule has 0 heterocycles. The minimum absolute atomic E-state index is 0.0925. The first-order chi connectivity index (χ1) is 8.23. The van der Waals surface area contributed by atoms with Crippen molar-refractivity contribution in [3.63, 3.8) is 0 Å². The van der Waals surface area contributed by atoms with Crippen LogP contribution >= 0.6 is 0 Å². The van der Waals surface area contributed by atoms with E-state index >= 15 is 0 Å². The summed E-state index contributed by atoms with van der Waals surface area (Å²) in [7, 11) is 0. The van der Waals surface area contributed by atoms with Gasteiger partial charge in [0.2, 0.25) is 11.8 Å². The van der Waals surface area contributed by atoms with Crippen molar-refractivity contribution in [1.29, 1.82) is 0 Å². The number of hydrogen-bond acceptors (Lipinski definition) is 4. The summed E-state index contributed by atoms with van der Waals surface area (Å²) >= 11 is 0. The van der Waals surface area contributed by atoms with Gasteiger partial charge in [0.25, 0.3) is 0 Å². The van der Waals surface area contributed by atoms with E-state index < -0.39 is 29.9 Å². The monoisotopic (exact) mass is 260 g/mol. The second-order valence-corrected chi connectivity index (χ2v) is 4.54. The Labute approximate surface area is 105 Å². The lowest BCUT2D eigenvalue weighted by molar-refractivity contribution is -0.138. The van der Waals surface area contributed by atoms with E-state index in [1.807, 2.05) is 13.8 Å². The van der Waals surface area contributed by atoms with Crippen molar-refractivity contribution in [1.82, 2.24) is 5.32 Å². The molecule has 0 bridgehead atoms. The van der Waals surface area contributed by atoms with Crippen LogP contribution in [0.25, 0.3) is 0 Å². The topological polar surface area (TPSA) is 130 Å². The minimum Gasteiger partial charge on any atom is -0.481 e. The molecule has 0 fully saturated rings. The highest BCUT2D eigenvalue weighted by Gasteiger charge is 2.23. The normalized spacial score (nSPS) is 14.0. The Morgan fingerprint density at radius 1 is 1.28 bits per heavy atom. The van der Waals surface area contributed by atoms with Gasteiger partial charge in [-0.15, -0.1) is 0 Å². The summed E-state index contributed by atoms with van der Waals surface area (Å²) in [5, 5.41) is 20.3. The molecular weight excluding hydrogens is 240 g/mol. The molecule has 0 spiro atoms. The maximum atomic E-state index is 11.5. The predicted molar refractivity (Wildman–Crippen MR) is 63.5 cm³/mol. The van der Waals surface area contributed by atoms with Gasteiger partial charge in [0.05, 0.1) is 0 Å². The molecule has 0 aromatic rings. The van der Waals surface area contributed by atoms with E-state index in [1.165, 1.54) is 0 Å². The Morgan fingerprint density at radius 2 is 1.83 bits per heavy atom. The molecule has 0 aliphatic heterocycles. The van der Waals surface area contributed by atoms with Crippen LogP contribution in [-0.4, -0.2) is 40.1 Å². The molecule has 2 amide bonds. The Bertz CT molecular complexity index is 317. The van der Waals surface area contributed by atoms with Crippen molar-refractivity contribution in [2.24, 2.45) is 11.7 Å². The van der Waals surface area contributed by atoms with Crippen molar-refractivity contribution in [3.05, 3.63) is 0 Å². The van der Waals surface area contributed by atoms with Crippen molar-refractivity contribution in [2.75, 3.05) is 0 Å². The molecule has 0 unspecified atom stereocenters. The molecule has 7 nitrogen and oxygen atoms in total. The van der Waals surface area contributed by atoms with E-state index in [9.17, 15) is 19.5 Å². The Kier molecular flexibility index (Phi) is 6.96. The van der Waals surface area contributed by atoms with Crippen molar-refractivity contribution < 1.29 is 24.6 Å². The number of aliphatic hydroxyl groups is 1. The number of hydrogen-bond donors (Lipinski definition) is 4. The number of carboxylic acids is 1. The molecule has 0 aromatic heterocycles. The number of aliphatic hydroxyl groups excluding tert-OH is 1.